The van der Waals surface area contributed by atoms with Crippen LogP contribution in [0.15, 0.2) is 12.4 Å². The maximum atomic E-state index is 2.40. The predicted molar refractivity (Wildman–Crippen MR) is 57.2 cm³/mol. The van der Waals surface area contributed by atoms with E-state index in [0.717, 1.165) is 6.67 Å². The van der Waals surface area contributed by atoms with Crippen molar-refractivity contribution < 1.29 is 44.3 Å². The minimum atomic E-state index is 0. The minimum Gasteiger partial charge on any atom is -1.00 e. The summed E-state index contributed by atoms with van der Waals surface area (Å²) < 4.78 is 0. The zero-order valence-electron chi connectivity index (χ0n) is 10.5. The molecule has 5 heteroatoms. The van der Waals surface area contributed by atoms with Crippen LogP contribution in [-0.2, 0) is 19.5 Å². The van der Waals surface area contributed by atoms with Crippen LogP contribution >= 0.6 is 0 Å². The molecule has 0 saturated heterocycles. The first-order valence-corrected chi connectivity index (χ1v) is 5.53. The van der Waals surface area contributed by atoms with Crippen molar-refractivity contribution in [3.05, 3.63) is 12.4 Å². The molecule has 1 rings (SSSR count). The first-order chi connectivity index (χ1) is 6.36. The van der Waals surface area contributed by atoms with Crippen LogP contribution in [0.3, 0.4) is 0 Å². The average Bonchev–Trinajstić information content (AvgIpc) is 2.59. The summed E-state index contributed by atoms with van der Waals surface area (Å²) in [6.45, 7) is 8.04. The normalized spacial score (nSPS) is 12.9. The van der Waals surface area contributed by atoms with E-state index in [2.05, 4.69) is 36.0 Å². The van der Waals surface area contributed by atoms with Gasteiger partial charge in [-0.05, 0) is 12.8 Å². The molecule has 0 atom stereocenters. The maximum absolute atomic E-state index is 2.40. The smallest absolute Gasteiger partial charge is 1.00 e. The fraction of sp³-hybridized carbons (Fsp3) is 0.818. The third kappa shape index (κ3) is 8.67. The minimum absolute atomic E-state index is 0. The van der Waals surface area contributed by atoms with Crippen molar-refractivity contribution in [2.45, 2.75) is 39.5 Å². The molecule has 0 aliphatic carbocycles. The van der Waals surface area contributed by atoms with Gasteiger partial charge in [-0.2, -0.15) is 0 Å². The molecule has 0 aromatic heterocycles. The Morgan fingerprint density at radius 2 is 1.25 bits per heavy atom. The Morgan fingerprint density at radius 3 is 1.56 bits per heavy atom. The van der Waals surface area contributed by atoms with Crippen molar-refractivity contribution in [2.75, 3.05) is 19.8 Å². The summed E-state index contributed by atoms with van der Waals surface area (Å²) in [4.78, 5) is 4.80. The SMILES string of the molecule is CCCCN1C=CN(CCCC)C1.[Cl-].[Cl-].[Zn+2]. The van der Waals surface area contributed by atoms with E-state index in [9.17, 15) is 0 Å². The summed E-state index contributed by atoms with van der Waals surface area (Å²) >= 11 is 0. The number of halogens is 2. The van der Waals surface area contributed by atoms with E-state index in [-0.39, 0.29) is 44.3 Å². The van der Waals surface area contributed by atoms with E-state index in [4.69, 9.17) is 0 Å². The van der Waals surface area contributed by atoms with E-state index in [1.54, 1.807) is 0 Å². The van der Waals surface area contributed by atoms with Gasteiger partial charge in [-0.1, -0.05) is 26.7 Å². The Hall–Kier alpha value is 0.543. The van der Waals surface area contributed by atoms with Gasteiger partial charge >= 0.3 is 19.5 Å². The van der Waals surface area contributed by atoms with Crippen molar-refractivity contribution in [1.82, 2.24) is 9.80 Å². The van der Waals surface area contributed by atoms with Gasteiger partial charge in [-0.15, -0.1) is 0 Å². The molecule has 0 saturated carbocycles. The van der Waals surface area contributed by atoms with Crippen LogP contribution in [0.5, 0.6) is 0 Å². The molecule has 0 fully saturated rings. The monoisotopic (exact) mass is 316 g/mol. The zero-order chi connectivity index (χ0) is 9.52. The standard InChI is InChI=1S/C11H22N2.2ClH.Zn/c1-3-5-7-12-9-10-13(11-12)8-6-4-2;;;/h9-10H,3-8,11H2,1-2H3;2*1H;/q;;;+2/p-2. The van der Waals surface area contributed by atoms with Gasteiger partial charge in [0.1, 0.15) is 0 Å². The van der Waals surface area contributed by atoms with E-state index in [1.807, 2.05) is 0 Å². The van der Waals surface area contributed by atoms with Crippen LogP contribution < -0.4 is 24.8 Å². The van der Waals surface area contributed by atoms with Crippen LogP contribution in [0, 0.1) is 0 Å². The maximum Gasteiger partial charge on any atom is 2.00 e. The van der Waals surface area contributed by atoms with E-state index >= 15 is 0 Å². The Labute approximate surface area is 125 Å². The van der Waals surface area contributed by atoms with Gasteiger partial charge in [-0.3, -0.25) is 0 Å². The molecule has 1 aliphatic heterocycles. The predicted octanol–water partition coefficient (Wildman–Crippen LogP) is -3.36. The summed E-state index contributed by atoms with van der Waals surface area (Å²) in [6, 6.07) is 0. The summed E-state index contributed by atoms with van der Waals surface area (Å²) in [5, 5.41) is 0. The quantitative estimate of drug-likeness (QED) is 0.472. The molecule has 1 heterocycles. The molecule has 0 radical (unpaired) electrons. The van der Waals surface area contributed by atoms with Crippen molar-refractivity contribution >= 4 is 0 Å². The second kappa shape index (κ2) is 13.6. The molecule has 0 N–H and O–H groups in total. The number of nitrogens with zero attached hydrogens (tertiary/aromatic N) is 2. The van der Waals surface area contributed by atoms with Crippen molar-refractivity contribution in [3.63, 3.8) is 0 Å². The molecule has 2 nitrogen and oxygen atoms in total. The van der Waals surface area contributed by atoms with Gasteiger partial charge in [-0.25, -0.2) is 0 Å². The van der Waals surface area contributed by atoms with Crippen LogP contribution in [0.1, 0.15) is 39.5 Å². The van der Waals surface area contributed by atoms with E-state index in [1.165, 1.54) is 38.8 Å². The van der Waals surface area contributed by atoms with Crippen molar-refractivity contribution in [1.29, 1.82) is 0 Å². The zero-order valence-corrected chi connectivity index (χ0v) is 14.9. The molecule has 0 amide bonds. The number of hydrogen-bond acceptors (Lipinski definition) is 2. The fourth-order valence-electron chi connectivity index (χ4n) is 1.53. The Bertz CT molecular complexity index is 152. The second-order valence-electron chi connectivity index (χ2n) is 3.77. The first kappa shape index (κ1) is 21.8. The largest absolute Gasteiger partial charge is 2.00 e. The van der Waals surface area contributed by atoms with E-state index < -0.39 is 0 Å². The van der Waals surface area contributed by atoms with Crippen LogP contribution in [0.25, 0.3) is 0 Å². The van der Waals surface area contributed by atoms with Gasteiger partial charge in [0.15, 0.2) is 0 Å². The summed E-state index contributed by atoms with van der Waals surface area (Å²) in [7, 11) is 0. The molecule has 0 aromatic rings. The average molecular weight is 319 g/mol. The van der Waals surface area contributed by atoms with Gasteiger partial charge in [0.2, 0.25) is 0 Å². The van der Waals surface area contributed by atoms with E-state index in [0.29, 0.717) is 0 Å². The summed E-state index contributed by atoms with van der Waals surface area (Å²) in [5.41, 5.74) is 0. The Kier molecular flexibility index (Phi) is 18.5. The van der Waals surface area contributed by atoms with Crippen LogP contribution in [0.2, 0.25) is 0 Å². The third-order valence-corrected chi connectivity index (χ3v) is 2.45. The molecule has 0 spiro atoms. The number of hydrogen-bond donors (Lipinski definition) is 0. The molecular formula is C11H22Cl2N2Zn. The third-order valence-electron chi connectivity index (χ3n) is 2.45. The topological polar surface area (TPSA) is 6.48 Å². The molecule has 1 aliphatic rings. The van der Waals surface area contributed by atoms with Crippen molar-refractivity contribution in [3.8, 4) is 0 Å². The molecule has 92 valence electrons. The van der Waals surface area contributed by atoms with Gasteiger partial charge < -0.3 is 34.6 Å². The number of rotatable bonds is 6. The first-order valence-electron chi connectivity index (χ1n) is 5.53. The van der Waals surface area contributed by atoms with Gasteiger partial charge in [0.05, 0.1) is 6.67 Å². The summed E-state index contributed by atoms with van der Waals surface area (Å²) in [6.07, 6.45) is 9.66. The van der Waals surface area contributed by atoms with Crippen LogP contribution in [0.4, 0.5) is 0 Å². The molecule has 0 bridgehead atoms. The Morgan fingerprint density at radius 1 is 0.875 bits per heavy atom. The Balaban J connectivity index is -0.000000563. The van der Waals surface area contributed by atoms with Gasteiger partial charge in [0, 0.05) is 25.5 Å². The fourth-order valence-corrected chi connectivity index (χ4v) is 1.53. The van der Waals surface area contributed by atoms with Crippen LogP contribution in [-0.4, -0.2) is 29.6 Å². The number of unbranched alkanes of at least 4 members (excludes halogenated alkanes) is 2. The van der Waals surface area contributed by atoms with Crippen molar-refractivity contribution in [2.24, 2.45) is 0 Å². The van der Waals surface area contributed by atoms with Gasteiger partial charge in [0.25, 0.3) is 0 Å². The molecule has 0 aromatic carbocycles. The molecule has 16 heavy (non-hydrogen) atoms. The summed E-state index contributed by atoms with van der Waals surface area (Å²) in [5.74, 6) is 0. The molecular weight excluding hydrogens is 296 g/mol. The molecule has 0 unspecified atom stereocenters. The second-order valence-corrected chi connectivity index (χ2v) is 3.77.